The molecule has 4 nitrogen and oxygen atoms in total. The normalized spacial score (nSPS) is 22.6. The predicted molar refractivity (Wildman–Crippen MR) is 130 cm³/mol. The molecule has 0 aliphatic carbocycles. The lowest BCUT2D eigenvalue weighted by Gasteiger charge is -2.32. The third-order valence-electron chi connectivity index (χ3n) is 6.80. The van der Waals surface area contributed by atoms with Gasteiger partial charge >= 0.3 is 0 Å². The molecule has 0 aromatic heterocycles. The van der Waals surface area contributed by atoms with Crippen LogP contribution in [0.4, 0.5) is 0 Å². The first-order valence-corrected chi connectivity index (χ1v) is 13.8. The summed E-state index contributed by atoms with van der Waals surface area (Å²) >= 11 is 0. The first-order valence-electron chi connectivity index (χ1n) is 13.8. The molecule has 4 heteroatoms. The second kappa shape index (κ2) is 20.4. The molecule has 1 fully saturated rings. The molecule has 1 rings (SSSR count). The average Bonchev–Trinajstić information content (AvgIpc) is 2.77. The number of hydrogen-bond donors (Lipinski definition) is 2. The number of aliphatic hydroxyl groups is 2. The molecular weight excluding hydrogens is 388 g/mol. The zero-order valence-corrected chi connectivity index (χ0v) is 20.9. The average molecular weight is 443 g/mol. The fraction of sp³-hybridized carbons (Fsp3) is 1.00. The van der Waals surface area contributed by atoms with E-state index >= 15 is 0 Å². The fourth-order valence-corrected chi connectivity index (χ4v) is 4.58. The van der Waals surface area contributed by atoms with Crippen LogP contribution in [0.3, 0.4) is 0 Å². The van der Waals surface area contributed by atoms with E-state index in [1.165, 1.54) is 116 Å². The molecular formula is C27H54O4. The zero-order valence-electron chi connectivity index (χ0n) is 20.9. The van der Waals surface area contributed by atoms with Gasteiger partial charge in [0.1, 0.15) is 6.10 Å². The van der Waals surface area contributed by atoms with Crippen LogP contribution in [0, 0.1) is 5.92 Å². The molecule has 0 saturated carbocycles. The highest BCUT2D eigenvalue weighted by Crippen LogP contribution is 2.23. The van der Waals surface area contributed by atoms with Crippen LogP contribution in [-0.2, 0) is 9.47 Å². The van der Waals surface area contributed by atoms with Crippen LogP contribution in [0.15, 0.2) is 0 Å². The van der Waals surface area contributed by atoms with E-state index in [0.29, 0.717) is 25.6 Å². The van der Waals surface area contributed by atoms with Crippen LogP contribution < -0.4 is 0 Å². The molecule has 186 valence electrons. The Hall–Kier alpha value is -0.160. The summed E-state index contributed by atoms with van der Waals surface area (Å²) in [6.45, 7) is 5.64. The van der Waals surface area contributed by atoms with Crippen molar-refractivity contribution >= 4 is 0 Å². The van der Waals surface area contributed by atoms with Gasteiger partial charge in [0.25, 0.3) is 0 Å². The van der Waals surface area contributed by atoms with Crippen molar-refractivity contribution in [3.63, 3.8) is 0 Å². The van der Waals surface area contributed by atoms with Gasteiger partial charge in [-0.3, -0.25) is 0 Å². The number of ether oxygens (including phenoxy) is 2. The van der Waals surface area contributed by atoms with Crippen LogP contribution in [0.5, 0.6) is 0 Å². The summed E-state index contributed by atoms with van der Waals surface area (Å²) in [4.78, 5) is 0. The van der Waals surface area contributed by atoms with E-state index in [1.807, 2.05) is 0 Å². The molecule has 1 aliphatic heterocycles. The lowest BCUT2D eigenvalue weighted by molar-refractivity contribution is -0.246. The summed E-state index contributed by atoms with van der Waals surface area (Å²) in [6.07, 6.45) is 22.2. The van der Waals surface area contributed by atoms with E-state index in [2.05, 4.69) is 13.8 Å². The van der Waals surface area contributed by atoms with E-state index in [-0.39, 0.29) is 0 Å². The third kappa shape index (κ3) is 15.3. The summed E-state index contributed by atoms with van der Waals surface area (Å²) in [5.41, 5.74) is 0. The van der Waals surface area contributed by atoms with Gasteiger partial charge in [-0.25, -0.2) is 0 Å². The summed E-state index contributed by atoms with van der Waals surface area (Å²) < 4.78 is 11.5. The lowest BCUT2D eigenvalue weighted by atomic mass is 9.94. The smallest absolute Gasteiger partial charge is 0.185 e. The molecule has 0 amide bonds. The first kappa shape index (κ1) is 28.9. The monoisotopic (exact) mass is 442 g/mol. The zero-order chi connectivity index (χ0) is 22.6. The minimum absolute atomic E-state index is 0.462. The number of rotatable bonds is 21. The lowest BCUT2D eigenvalue weighted by Crippen LogP contribution is -2.46. The second-order valence-electron chi connectivity index (χ2n) is 9.81. The summed E-state index contributed by atoms with van der Waals surface area (Å²) in [5, 5.41) is 20.0. The molecule has 0 aromatic carbocycles. The number of hydrogen-bond acceptors (Lipinski definition) is 4. The Kier molecular flexibility index (Phi) is 19.0. The van der Waals surface area contributed by atoms with Gasteiger partial charge in [0.15, 0.2) is 6.29 Å². The van der Waals surface area contributed by atoms with Gasteiger partial charge in [-0.1, -0.05) is 117 Å². The van der Waals surface area contributed by atoms with E-state index < -0.39 is 18.5 Å². The number of aliphatic hydroxyl groups excluding tert-OH is 2. The fourth-order valence-electron chi connectivity index (χ4n) is 4.58. The van der Waals surface area contributed by atoms with E-state index in [9.17, 15) is 10.2 Å². The maximum absolute atomic E-state index is 10.1. The molecule has 3 unspecified atom stereocenters. The van der Waals surface area contributed by atoms with Crippen molar-refractivity contribution in [2.45, 2.75) is 154 Å². The van der Waals surface area contributed by atoms with Crippen molar-refractivity contribution in [2.75, 3.05) is 13.2 Å². The first-order chi connectivity index (χ1) is 15.2. The molecule has 4 atom stereocenters. The highest BCUT2D eigenvalue weighted by atomic mass is 16.7. The van der Waals surface area contributed by atoms with Crippen molar-refractivity contribution in [1.29, 1.82) is 0 Å². The maximum Gasteiger partial charge on any atom is 0.185 e. The van der Waals surface area contributed by atoms with Gasteiger partial charge in [0.2, 0.25) is 0 Å². The minimum atomic E-state index is -0.916. The Morgan fingerprint density at radius 1 is 0.710 bits per heavy atom. The molecule has 0 radical (unpaired) electrons. The van der Waals surface area contributed by atoms with Crippen molar-refractivity contribution in [3.8, 4) is 0 Å². The molecule has 1 saturated heterocycles. The summed E-state index contributed by atoms with van der Waals surface area (Å²) in [6, 6.07) is 0. The van der Waals surface area contributed by atoms with Gasteiger partial charge in [0.05, 0.1) is 19.3 Å². The quantitative estimate of drug-likeness (QED) is 0.185. The van der Waals surface area contributed by atoms with Crippen LogP contribution in [0.2, 0.25) is 0 Å². The van der Waals surface area contributed by atoms with Crippen molar-refractivity contribution in [1.82, 2.24) is 0 Å². The summed E-state index contributed by atoms with van der Waals surface area (Å²) in [7, 11) is 0. The van der Waals surface area contributed by atoms with E-state index in [1.54, 1.807) is 0 Å². The van der Waals surface area contributed by atoms with Crippen molar-refractivity contribution < 1.29 is 19.7 Å². The second-order valence-corrected chi connectivity index (χ2v) is 9.81. The third-order valence-corrected chi connectivity index (χ3v) is 6.80. The largest absolute Gasteiger partial charge is 0.390 e. The Morgan fingerprint density at radius 3 is 1.65 bits per heavy atom. The van der Waals surface area contributed by atoms with Crippen LogP contribution in [-0.4, -0.2) is 41.9 Å². The highest BCUT2D eigenvalue weighted by Gasteiger charge is 2.32. The van der Waals surface area contributed by atoms with Crippen molar-refractivity contribution in [2.24, 2.45) is 5.92 Å². The maximum atomic E-state index is 10.1. The van der Waals surface area contributed by atoms with E-state index in [0.717, 1.165) is 0 Å². The van der Waals surface area contributed by atoms with E-state index in [4.69, 9.17) is 9.47 Å². The van der Waals surface area contributed by atoms with Crippen LogP contribution in [0.25, 0.3) is 0 Å². The molecule has 0 bridgehead atoms. The SMILES string of the molecule is CCCCCCCCCCCCC(CCCCCCCC)COC1OCC[C@H](O)C1O. The summed E-state index contributed by atoms with van der Waals surface area (Å²) in [5.74, 6) is 0.537. The standard InChI is InChI=1S/C27H54O4/c1-3-5-7-9-11-12-13-14-16-18-20-24(19-17-15-10-8-6-4-2)23-31-27-26(29)25(28)21-22-30-27/h24-29H,3-23H2,1-2H3/t24?,25-,26?,27?/m0/s1. The molecule has 1 heterocycles. The van der Waals surface area contributed by atoms with Crippen LogP contribution in [0.1, 0.15) is 136 Å². The highest BCUT2D eigenvalue weighted by molar-refractivity contribution is 4.75. The van der Waals surface area contributed by atoms with Crippen LogP contribution >= 0.6 is 0 Å². The Labute approximate surface area is 193 Å². The van der Waals surface area contributed by atoms with Gasteiger partial charge in [-0.05, 0) is 25.2 Å². The Balaban J connectivity index is 2.20. The number of unbranched alkanes of at least 4 members (excludes halogenated alkanes) is 14. The molecule has 1 aliphatic rings. The van der Waals surface area contributed by atoms with Gasteiger partial charge < -0.3 is 19.7 Å². The van der Waals surface area contributed by atoms with Gasteiger partial charge in [-0.2, -0.15) is 0 Å². The minimum Gasteiger partial charge on any atom is -0.390 e. The topological polar surface area (TPSA) is 58.9 Å². The molecule has 0 spiro atoms. The predicted octanol–water partition coefficient (Wildman–Crippen LogP) is 7.15. The molecule has 2 N–H and O–H groups in total. The molecule has 31 heavy (non-hydrogen) atoms. The Morgan fingerprint density at radius 2 is 1.16 bits per heavy atom. The van der Waals surface area contributed by atoms with Gasteiger partial charge in [-0.15, -0.1) is 0 Å². The van der Waals surface area contributed by atoms with Crippen molar-refractivity contribution in [3.05, 3.63) is 0 Å². The molecule has 0 aromatic rings. The Bertz CT molecular complexity index is 376. The van der Waals surface area contributed by atoms with Gasteiger partial charge in [0, 0.05) is 0 Å².